The molecule has 2 N–H and O–H groups in total. The summed E-state index contributed by atoms with van der Waals surface area (Å²) in [6.45, 7) is 6.48. The Morgan fingerprint density at radius 1 is 1.36 bits per heavy atom. The first-order chi connectivity index (χ1) is 5.15. The van der Waals surface area contributed by atoms with Crippen molar-refractivity contribution in [3.8, 4) is 0 Å². The van der Waals surface area contributed by atoms with E-state index in [1.165, 1.54) is 0 Å². The standard InChI is InChI=1S/C7H4F2N2/c1-11-7-5(9)2-4(8)3-6(7)10/h2-3H,10H2. The first-order valence-corrected chi connectivity index (χ1v) is 2.77. The van der Waals surface area contributed by atoms with Gasteiger partial charge in [-0.05, 0) is 12.1 Å². The van der Waals surface area contributed by atoms with Gasteiger partial charge in [0.15, 0.2) is 0 Å². The first-order valence-electron chi connectivity index (χ1n) is 2.77. The highest BCUT2D eigenvalue weighted by atomic mass is 19.1. The predicted molar refractivity (Wildman–Crippen MR) is 37.0 cm³/mol. The van der Waals surface area contributed by atoms with E-state index in [-0.39, 0.29) is 11.4 Å². The molecule has 1 aromatic carbocycles. The largest absolute Gasteiger partial charge is 0.407 e. The zero-order valence-electron chi connectivity index (χ0n) is 5.44. The summed E-state index contributed by atoms with van der Waals surface area (Å²) in [6, 6.07) is 1.54. The average Bonchev–Trinajstić information content (AvgIpc) is 1.85. The number of halogens is 2. The lowest BCUT2D eigenvalue weighted by molar-refractivity contribution is 0.588. The third kappa shape index (κ3) is 1.27. The number of rotatable bonds is 0. The molecule has 4 heteroatoms. The van der Waals surface area contributed by atoms with Crippen molar-refractivity contribution >= 4 is 11.4 Å². The molecule has 2 nitrogen and oxygen atoms in total. The average molecular weight is 154 g/mol. The number of nitrogen functional groups attached to an aromatic ring is 1. The predicted octanol–water partition coefficient (Wildman–Crippen LogP) is 2.10. The van der Waals surface area contributed by atoms with Crippen molar-refractivity contribution in [2.45, 2.75) is 0 Å². The smallest absolute Gasteiger partial charge is 0.244 e. The second-order valence-corrected chi connectivity index (χ2v) is 1.94. The molecule has 0 bridgehead atoms. The van der Waals surface area contributed by atoms with Crippen LogP contribution in [0.2, 0.25) is 0 Å². The number of anilines is 1. The molecule has 0 aliphatic carbocycles. The molecule has 1 aromatic rings. The SMILES string of the molecule is [C-]#[N+]c1c(N)cc(F)cc1F. The quantitative estimate of drug-likeness (QED) is 0.450. The number of nitrogens with zero attached hydrogens (tertiary/aromatic N) is 1. The minimum atomic E-state index is -0.919. The van der Waals surface area contributed by atoms with Gasteiger partial charge in [0.25, 0.3) is 0 Å². The van der Waals surface area contributed by atoms with Crippen LogP contribution in [0.15, 0.2) is 12.1 Å². The van der Waals surface area contributed by atoms with Crippen LogP contribution in [-0.2, 0) is 0 Å². The molecule has 0 saturated carbocycles. The third-order valence-electron chi connectivity index (χ3n) is 1.17. The van der Waals surface area contributed by atoms with Crippen molar-refractivity contribution in [2.24, 2.45) is 0 Å². The maximum Gasteiger partial charge on any atom is 0.244 e. The van der Waals surface area contributed by atoms with Crippen molar-refractivity contribution in [3.05, 3.63) is 35.2 Å². The Labute approximate surface area is 62.1 Å². The van der Waals surface area contributed by atoms with Gasteiger partial charge in [0, 0.05) is 5.69 Å². The molecule has 0 aliphatic heterocycles. The Hall–Kier alpha value is -1.63. The number of hydrogen-bond donors (Lipinski definition) is 1. The van der Waals surface area contributed by atoms with Crippen molar-refractivity contribution in [1.29, 1.82) is 0 Å². The number of hydrogen-bond acceptors (Lipinski definition) is 1. The van der Waals surface area contributed by atoms with Gasteiger partial charge < -0.3 is 5.73 Å². The fraction of sp³-hybridized carbons (Fsp3) is 0. The van der Waals surface area contributed by atoms with E-state index in [0.717, 1.165) is 6.07 Å². The van der Waals surface area contributed by atoms with Gasteiger partial charge >= 0.3 is 0 Å². The van der Waals surface area contributed by atoms with Crippen molar-refractivity contribution < 1.29 is 8.78 Å². The Kier molecular flexibility index (Phi) is 1.73. The molecule has 0 radical (unpaired) electrons. The Balaban J connectivity index is 3.40. The maximum atomic E-state index is 12.6. The van der Waals surface area contributed by atoms with Gasteiger partial charge in [-0.25, -0.2) is 13.6 Å². The topological polar surface area (TPSA) is 30.4 Å². The third-order valence-corrected chi connectivity index (χ3v) is 1.17. The van der Waals surface area contributed by atoms with Gasteiger partial charge in [-0.15, -0.1) is 0 Å². The zero-order chi connectivity index (χ0) is 8.43. The summed E-state index contributed by atoms with van der Waals surface area (Å²) < 4.78 is 24.9. The van der Waals surface area contributed by atoms with Crippen LogP contribution in [0, 0.1) is 18.2 Å². The van der Waals surface area contributed by atoms with Crippen LogP contribution in [-0.4, -0.2) is 0 Å². The van der Waals surface area contributed by atoms with E-state index in [2.05, 4.69) is 4.85 Å². The van der Waals surface area contributed by atoms with E-state index < -0.39 is 11.6 Å². The Morgan fingerprint density at radius 3 is 2.45 bits per heavy atom. The van der Waals surface area contributed by atoms with E-state index in [9.17, 15) is 8.78 Å². The van der Waals surface area contributed by atoms with Gasteiger partial charge in [0.2, 0.25) is 5.69 Å². The van der Waals surface area contributed by atoms with Gasteiger partial charge in [-0.3, -0.25) is 0 Å². The van der Waals surface area contributed by atoms with Crippen molar-refractivity contribution in [3.63, 3.8) is 0 Å². The molecule has 0 unspecified atom stereocenters. The van der Waals surface area contributed by atoms with E-state index in [1.54, 1.807) is 0 Å². The molecule has 0 spiro atoms. The highest BCUT2D eigenvalue weighted by molar-refractivity contribution is 5.67. The maximum absolute atomic E-state index is 12.6. The van der Waals surface area contributed by atoms with Gasteiger partial charge in [0.05, 0.1) is 6.57 Å². The first kappa shape index (κ1) is 7.48. The summed E-state index contributed by atoms with van der Waals surface area (Å²) in [6.07, 6.45) is 0. The summed E-state index contributed by atoms with van der Waals surface area (Å²) in [7, 11) is 0. The lowest BCUT2D eigenvalue weighted by Gasteiger charge is -1.97. The van der Waals surface area contributed by atoms with E-state index in [0.29, 0.717) is 6.07 Å². The van der Waals surface area contributed by atoms with Crippen LogP contribution >= 0.6 is 0 Å². The summed E-state index contributed by atoms with van der Waals surface area (Å²) in [4.78, 5) is 2.79. The fourth-order valence-corrected chi connectivity index (χ4v) is 0.704. The van der Waals surface area contributed by atoms with Crippen LogP contribution < -0.4 is 5.73 Å². The molecule has 11 heavy (non-hydrogen) atoms. The van der Waals surface area contributed by atoms with Gasteiger partial charge in [-0.1, -0.05) is 0 Å². The minimum Gasteiger partial charge on any atom is -0.407 e. The van der Waals surface area contributed by atoms with E-state index in [1.807, 2.05) is 0 Å². The monoisotopic (exact) mass is 154 g/mol. The molecule has 0 fully saturated rings. The van der Waals surface area contributed by atoms with Crippen molar-refractivity contribution in [2.75, 3.05) is 5.73 Å². The molecule has 0 aromatic heterocycles. The van der Waals surface area contributed by atoms with Crippen LogP contribution in [0.4, 0.5) is 20.2 Å². The van der Waals surface area contributed by atoms with Gasteiger partial charge in [0.1, 0.15) is 11.6 Å². The normalized spacial score (nSPS) is 9.18. The van der Waals surface area contributed by atoms with Crippen LogP contribution in [0.1, 0.15) is 0 Å². The van der Waals surface area contributed by atoms with E-state index >= 15 is 0 Å². The fourth-order valence-electron chi connectivity index (χ4n) is 0.704. The molecule has 0 amide bonds. The lowest BCUT2D eigenvalue weighted by atomic mass is 10.2. The molecule has 1 rings (SSSR count). The summed E-state index contributed by atoms with van der Waals surface area (Å²) in [5.74, 6) is -1.69. The van der Waals surface area contributed by atoms with Gasteiger partial charge in [-0.2, -0.15) is 0 Å². The molecule has 0 aliphatic rings. The number of benzene rings is 1. The zero-order valence-corrected chi connectivity index (χ0v) is 5.44. The van der Waals surface area contributed by atoms with Crippen LogP contribution in [0.3, 0.4) is 0 Å². The molecule has 0 atom stereocenters. The van der Waals surface area contributed by atoms with Crippen LogP contribution in [0.25, 0.3) is 4.85 Å². The Bertz CT molecular complexity index is 305. The molecule has 0 saturated heterocycles. The minimum absolute atomic E-state index is 0.169. The second kappa shape index (κ2) is 2.54. The molecular weight excluding hydrogens is 150 g/mol. The van der Waals surface area contributed by atoms with Crippen molar-refractivity contribution in [1.82, 2.24) is 0 Å². The molecule has 56 valence electrons. The summed E-state index contributed by atoms with van der Waals surface area (Å²) in [5, 5.41) is 0. The highest BCUT2D eigenvalue weighted by Gasteiger charge is 2.07. The second-order valence-electron chi connectivity index (χ2n) is 1.94. The van der Waals surface area contributed by atoms with Crippen LogP contribution in [0.5, 0.6) is 0 Å². The summed E-state index contributed by atoms with van der Waals surface area (Å²) >= 11 is 0. The lowest BCUT2D eigenvalue weighted by Crippen LogP contribution is -1.89. The Morgan fingerprint density at radius 2 is 2.00 bits per heavy atom. The molecular formula is C7H4F2N2. The molecule has 0 heterocycles. The highest BCUT2D eigenvalue weighted by Crippen LogP contribution is 2.26. The van der Waals surface area contributed by atoms with E-state index in [4.69, 9.17) is 12.3 Å². The number of nitrogens with two attached hydrogens (primary N) is 1. The summed E-state index contributed by atoms with van der Waals surface area (Å²) in [5.41, 5.74) is 4.64.